The number of aldehydes is 1. The highest BCUT2D eigenvalue weighted by Crippen LogP contribution is 2.61. The second-order valence-corrected chi connectivity index (χ2v) is 28.0. The maximum atomic E-state index is 15.8. The van der Waals surface area contributed by atoms with Crippen LogP contribution in [0.25, 0.3) is 0 Å². The van der Waals surface area contributed by atoms with Crippen molar-refractivity contribution in [3.8, 4) is 0 Å². The molecule has 74 heavy (non-hydrogen) atoms. The third kappa shape index (κ3) is 11.4. The van der Waals surface area contributed by atoms with Crippen LogP contribution in [0.15, 0.2) is 58.4 Å². The summed E-state index contributed by atoms with van der Waals surface area (Å²) in [5.74, 6) is -5.87. The number of fused-ring (bicyclic) bond motifs is 4. The average molecular weight is 1060 g/mol. The molecule has 6 aliphatic rings. The van der Waals surface area contributed by atoms with Crippen molar-refractivity contribution >= 4 is 38.4 Å². The van der Waals surface area contributed by atoms with E-state index in [1.807, 2.05) is 52.1 Å². The summed E-state index contributed by atoms with van der Waals surface area (Å²) in [5.41, 5.74) is -4.27. The molecule has 4 aliphatic carbocycles. The van der Waals surface area contributed by atoms with Crippen molar-refractivity contribution in [1.82, 2.24) is 5.32 Å². The Kier molecular flexibility index (Phi) is 18.2. The number of nitrogens with zero attached hydrogens (tertiary/aromatic N) is 1. The largest absolute Gasteiger partial charge is 0.511 e. The number of rotatable bonds is 16. The van der Waals surface area contributed by atoms with Crippen LogP contribution in [-0.4, -0.2) is 144 Å². The number of nitro groups is 1. The molecule has 412 valence electrons. The standard InChI is InChI=1S/C54H80N2O17Si/c1-30-15-18-39(70-42-27-52(9,56(63)64)46(34(5)69-42)55-50(62)66-12)31(2)24-38-40(73-74(13,14)51(6,7)8)25-35(28-57)26-54(38)48(60)43(49(61)72-54)47(59)53(10)37(30)17-16-36-44(53)32(3)23-33(4)45(36)71-41(58)29-68-22-21-67-20-19-65-11/h15-17,24-25,28,32-34,36-40,42,44-46,59H,18-23,26-27,29H2,1-14H3,(H,55,62)/b30-15+,31-24-,47-43+/t32-,33-,34-,36-,37-,38+,39-,40-,42-,44+,45-,46?,52?,53+,54-/m0/s1. The Bertz CT molecular complexity index is 2320. The number of nitrogens with one attached hydrogen (secondary N) is 1. The lowest BCUT2D eigenvalue weighted by molar-refractivity contribution is -0.584. The van der Waals surface area contributed by atoms with Crippen LogP contribution < -0.4 is 5.32 Å². The number of alkyl carbamates (subject to hydrolysis) is 1. The lowest BCUT2D eigenvalue weighted by Crippen LogP contribution is -2.65. The number of hydrogen-bond acceptors (Lipinski definition) is 17. The minimum atomic E-state index is -2.74. The summed E-state index contributed by atoms with van der Waals surface area (Å²) in [6.45, 7) is 23.8. The molecule has 2 aliphatic heterocycles. The number of aliphatic hydroxyl groups is 1. The number of Topliss-reactive ketones (excluding diaryl/α,β-unsaturated/α-hetero) is 1. The molecule has 20 heteroatoms. The molecule has 2 N–H and O–H groups in total. The highest BCUT2D eigenvalue weighted by atomic mass is 28.4. The van der Waals surface area contributed by atoms with E-state index in [-0.39, 0.29) is 61.5 Å². The molecule has 1 spiro atoms. The van der Waals surface area contributed by atoms with Gasteiger partial charge in [-0.05, 0) is 86.7 Å². The molecule has 0 aromatic carbocycles. The number of carbonyl (C=O) groups is 5. The summed E-state index contributed by atoms with van der Waals surface area (Å²) in [5, 5.41) is 28.3. The van der Waals surface area contributed by atoms with Crippen molar-refractivity contribution in [2.75, 3.05) is 47.3 Å². The van der Waals surface area contributed by atoms with Crippen LogP contribution in [0.3, 0.4) is 0 Å². The fraction of sp³-hybridized carbons (Fsp3) is 0.722. The number of amides is 1. The van der Waals surface area contributed by atoms with Gasteiger partial charge in [0.15, 0.2) is 20.2 Å². The van der Waals surface area contributed by atoms with Crippen molar-refractivity contribution in [3.63, 3.8) is 0 Å². The Balaban J connectivity index is 1.50. The Morgan fingerprint density at radius 3 is 2.31 bits per heavy atom. The van der Waals surface area contributed by atoms with Crippen LogP contribution in [0.2, 0.25) is 18.1 Å². The van der Waals surface area contributed by atoms with E-state index in [1.165, 1.54) is 14.0 Å². The van der Waals surface area contributed by atoms with Crippen LogP contribution >= 0.6 is 0 Å². The fourth-order valence-corrected chi connectivity index (χ4v) is 13.6. The van der Waals surface area contributed by atoms with Gasteiger partial charge in [-0.2, -0.15) is 0 Å². The SMILES string of the molecule is COCCOCCOCC(=O)O[C@@H]1[C@H]2C=C[C@H]3/C(C)=C/C[C@H](O[C@H]4CC(C)([N+](=O)[O-])C(NC(=O)OC)[C@H](C)O4)/C(C)=C\[C@@H]4[C@@H](O[Si](C)(C)C(C)(C)C)C=C(C=O)C[C@]45OC(=O)/C(=C(/O)[C@@]3(C)[C@@H]2[C@@H](C)C[C@@H]1C)C5=O. The summed E-state index contributed by atoms with van der Waals surface area (Å²) in [6, 6.07) is -1.09. The smallest absolute Gasteiger partial charge is 0.407 e. The first-order valence-electron chi connectivity index (χ1n) is 25.8. The number of ether oxygens (including phenoxy) is 8. The van der Waals surface area contributed by atoms with E-state index in [0.717, 1.165) is 5.57 Å². The summed E-state index contributed by atoms with van der Waals surface area (Å²) in [4.78, 5) is 81.9. The first-order valence-corrected chi connectivity index (χ1v) is 28.7. The topological polar surface area (TPSA) is 244 Å². The van der Waals surface area contributed by atoms with Gasteiger partial charge in [0.05, 0.1) is 64.2 Å². The summed E-state index contributed by atoms with van der Waals surface area (Å²) < 4.78 is 53.8. The first-order chi connectivity index (χ1) is 34.6. The predicted molar refractivity (Wildman–Crippen MR) is 273 cm³/mol. The maximum Gasteiger partial charge on any atom is 0.407 e. The van der Waals surface area contributed by atoms with E-state index in [0.29, 0.717) is 31.5 Å². The van der Waals surface area contributed by atoms with Gasteiger partial charge in [-0.3, -0.25) is 19.7 Å². The first kappa shape index (κ1) is 58.7. The molecule has 6 rings (SSSR count). The van der Waals surface area contributed by atoms with Crippen LogP contribution in [0.1, 0.15) is 94.9 Å². The van der Waals surface area contributed by atoms with E-state index in [9.17, 15) is 34.4 Å². The molecule has 3 fully saturated rings. The van der Waals surface area contributed by atoms with Crippen LogP contribution in [-0.2, 0) is 61.5 Å². The van der Waals surface area contributed by atoms with Crippen molar-refractivity contribution in [2.24, 2.45) is 40.9 Å². The summed E-state index contributed by atoms with van der Waals surface area (Å²) >= 11 is 0. The van der Waals surface area contributed by atoms with Gasteiger partial charge in [0.1, 0.15) is 36.4 Å². The van der Waals surface area contributed by atoms with Crippen molar-refractivity contribution in [1.29, 1.82) is 0 Å². The number of ketones is 1. The molecule has 19 nitrogen and oxygen atoms in total. The predicted octanol–water partition coefficient (Wildman–Crippen LogP) is 7.47. The molecule has 1 saturated carbocycles. The molecule has 15 atom stereocenters. The van der Waals surface area contributed by atoms with Gasteiger partial charge in [-0.15, -0.1) is 0 Å². The average Bonchev–Trinajstić information content (AvgIpc) is 3.56. The van der Waals surface area contributed by atoms with Gasteiger partial charge < -0.3 is 52.7 Å². The second-order valence-electron chi connectivity index (χ2n) is 23.2. The van der Waals surface area contributed by atoms with Gasteiger partial charge in [0.25, 0.3) is 0 Å². The van der Waals surface area contributed by atoms with Crippen LogP contribution in [0.5, 0.6) is 0 Å². The van der Waals surface area contributed by atoms with Crippen LogP contribution in [0, 0.1) is 51.0 Å². The second kappa shape index (κ2) is 23.0. The molecule has 2 heterocycles. The number of hydrogen-bond donors (Lipinski definition) is 2. The van der Waals surface area contributed by atoms with Gasteiger partial charge >= 0.3 is 18.0 Å². The van der Waals surface area contributed by atoms with Crippen LogP contribution in [0.4, 0.5) is 4.79 Å². The van der Waals surface area contributed by atoms with E-state index < -0.39 is 125 Å². The number of aliphatic hydroxyl groups excluding tert-OH is 1. The van der Waals surface area contributed by atoms with Gasteiger partial charge in [-0.25, -0.2) is 14.4 Å². The van der Waals surface area contributed by atoms with E-state index in [1.54, 1.807) is 33.1 Å². The molecule has 2 bridgehead atoms. The Morgan fingerprint density at radius 1 is 1.00 bits per heavy atom. The molecular formula is C54H80N2O17Si. The van der Waals surface area contributed by atoms with Gasteiger partial charge in [0, 0.05) is 42.6 Å². The number of allylic oxidation sites excluding steroid dienone is 3. The molecule has 2 saturated heterocycles. The van der Waals surface area contributed by atoms with Gasteiger partial charge in [0.2, 0.25) is 11.3 Å². The third-order valence-electron chi connectivity index (χ3n) is 17.2. The van der Waals surface area contributed by atoms with Crippen molar-refractivity contribution < 1.29 is 76.3 Å². The highest BCUT2D eigenvalue weighted by molar-refractivity contribution is 6.74. The van der Waals surface area contributed by atoms with E-state index in [2.05, 4.69) is 33.0 Å². The summed E-state index contributed by atoms with van der Waals surface area (Å²) in [7, 11) is -0.00329. The lowest BCUT2D eigenvalue weighted by Gasteiger charge is -2.56. The molecule has 0 radical (unpaired) electrons. The quantitative estimate of drug-likeness (QED) is 0.0175. The highest BCUT2D eigenvalue weighted by Gasteiger charge is 2.65. The maximum absolute atomic E-state index is 15.8. The minimum Gasteiger partial charge on any atom is -0.511 e. The monoisotopic (exact) mass is 1060 g/mol. The number of methoxy groups -OCH3 is 2. The number of carbonyl (C=O) groups excluding carboxylic acids is 5. The Hall–Kier alpha value is -4.57. The number of esters is 2. The minimum absolute atomic E-state index is 0.130. The third-order valence-corrected chi connectivity index (χ3v) is 21.7. The van der Waals surface area contributed by atoms with E-state index in [4.69, 9.17) is 42.3 Å². The Labute approximate surface area is 436 Å². The van der Waals surface area contributed by atoms with Gasteiger partial charge in [-0.1, -0.05) is 71.4 Å². The molecule has 0 aromatic rings. The van der Waals surface area contributed by atoms with E-state index >= 15 is 4.79 Å². The Morgan fingerprint density at radius 2 is 1.68 bits per heavy atom. The zero-order chi connectivity index (χ0) is 54.9. The molecule has 2 unspecified atom stereocenters. The summed E-state index contributed by atoms with van der Waals surface area (Å²) in [6.07, 6.45) is 4.66. The van der Waals surface area contributed by atoms with Crippen molar-refractivity contribution in [2.45, 2.75) is 161 Å². The molecular weight excluding hydrogens is 977 g/mol. The molecule has 0 aromatic heterocycles. The lowest BCUT2D eigenvalue weighted by atomic mass is 9.49. The molecule has 1 amide bonds. The van der Waals surface area contributed by atoms with Crippen molar-refractivity contribution in [3.05, 3.63) is 68.5 Å². The fourth-order valence-electron chi connectivity index (χ4n) is 12.3. The zero-order valence-corrected chi connectivity index (χ0v) is 46.7. The normalized spacial score (nSPS) is 38.9. The zero-order valence-electron chi connectivity index (χ0n) is 45.7.